The monoisotopic (exact) mass is 263 g/mol. The Balaban J connectivity index is 1.85. The van der Waals surface area contributed by atoms with Crippen LogP contribution in [0.15, 0.2) is 66.4 Å². The van der Waals surface area contributed by atoms with E-state index in [1.807, 2.05) is 54.6 Å². The number of benzene rings is 2. The van der Waals surface area contributed by atoms with E-state index in [4.69, 9.17) is 0 Å². The maximum absolute atomic E-state index is 9.98. The quantitative estimate of drug-likeness (QED) is 0.739. The summed E-state index contributed by atoms with van der Waals surface area (Å²) in [6.07, 6.45) is 2.56. The molecule has 0 aliphatic rings. The average molecular weight is 263 g/mol. The third kappa shape index (κ3) is 2.52. The van der Waals surface area contributed by atoms with Crippen molar-refractivity contribution < 1.29 is 5.11 Å². The Morgan fingerprint density at radius 1 is 1.05 bits per heavy atom. The van der Waals surface area contributed by atoms with E-state index in [1.54, 1.807) is 17.0 Å². The van der Waals surface area contributed by atoms with Crippen molar-refractivity contribution in [2.75, 3.05) is 0 Å². The van der Waals surface area contributed by atoms with Gasteiger partial charge < -0.3 is 5.11 Å². The molecule has 0 aliphatic heterocycles. The third-order valence-corrected chi connectivity index (χ3v) is 2.97. The van der Waals surface area contributed by atoms with E-state index >= 15 is 0 Å². The smallest absolute Gasteiger partial charge is 0.113 e. The van der Waals surface area contributed by atoms with Crippen LogP contribution >= 0.6 is 0 Å². The zero-order chi connectivity index (χ0) is 13.8. The zero-order valence-corrected chi connectivity index (χ0v) is 10.7. The molecule has 1 unspecified atom stereocenters. The fraction of sp³-hybridized carbons (Fsp3) is 0.0625. The van der Waals surface area contributed by atoms with Gasteiger partial charge in [-0.15, -0.1) is 10.8 Å². The molecule has 0 saturated carbocycles. The summed E-state index contributed by atoms with van der Waals surface area (Å²) >= 11 is 0. The Labute approximate surface area is 116 Å². The van der Waals surface area contributed by atoms with Crippen LogP contribution in [0.5, 0.6) is 0 Å². The lowest BCUT2D eigenvalue weighted by atomic mass is 10.1. The van der Waals surface area contributed by atoms with E-state index in [2.05, 4.69) is 16.0 Å². The van der Waals surface area contributed by atoms with Crippen LogP contribution in [-0.2, 0) is 0 Å². The molecule has 3 aromatic rings. The predicted octanol–water partition coefficient (Wildman–Crippen LogP) is 2.79. The molecule has 98 valence electrons. The molecule has 0 radical (unpaired) electrons. The van der Waals surface area contributed by atoms with Gasteiger partial charge in [-0.3, -0.25) is 0 Å². The van der Waals surface area contributed by atoms with Gasteiger partial charge in [-0.05, 0) is 23.8 Å². The van der Waals surface area contributed by atoms with Crippen molar-refractivity contribution >= 4 is 17.2 Å². The van der Waals surface area contributed by atoms with Crippen molar-refractivity contribution in [1.29, 1.82) is 0 Å². The molecule has 1 heterocycles. The molecular weight excluding hydrogens is 250 g/mol. The first-order valence-electron chi connectivity index (χ1n) is 6.30. The standard InChI is InChI=1S/C16H13N3O/c20-16(13-7-2-1-3-8-13)11-6-12-19-15-10-5-4-9-14(15)17-18-19/h1-5,7-12,16,20H. The number of aliphatic hydroxyl groups is 1. The van der Waals surface area contributed by atoms with Crippen LogP contribution in [0.25, 0.3) is 17.2 Å². The number of aromatic nitrogens is 3. The van der Waals surface area contributed by atoms with Crippen LogP contribution in [-0.4, -0.2) is 20.1 Å². The highest BCUT2D eigenvalue weighted by molar-refractivity contribution is 5.75. The van der Waals surface area contributed by atoms with E-state index in [0.717, 1.165) is 16.6 Å². The Morgan fingerprint density at radius 3 is 2.65 bits per heavy atom. The lowest BCUT2D eigenvalue weighted by molar-refractivity contribution is 0.229. The Morgan fingerprint density at radius 2 is 1.80 bits per heavy atom. The molecular formula is C16H13N3O. The molecule has 0 spiro atoms. The molecule has 0 fully saturated rings. The summed E-state index contributed by atoms with van der Waals surface area (Å²) in [4.78, 5) is 0. The first-order valence-corrected chi connectivity index (χ1v) is 6.30. The number of hydrogen-bond donors (Lipinski definition) is 1. The van der Waals surface area contributed by atoms with Gasteiger partial charge >= 0.3 is 0 Å². The van der Waals surface area contributed by atoms with Crippen LogP contribution in [0.4, 0.5) is 0 Å². The summed E-state index contributed by atoms with van der Waals surface area (Å²) in [5.74, 6) is 0. The fourth-order valence-corrected chi connectivity index (χ4v) is 1.93. The van der Waals surface area contributed by atoms with Gasteiger partial charge in [0.15, 0.2) is 0 Å². The normalized spacial score (nSPS) is 11.8. The average Bonchev–Trinajstić information content (AvgIpc) is 2.92. The Bertz CT molecular complexity index is 771. The zero-order valence-electron chi connectivity index (χ0n) is 10.7. The van der Waals surface area contributed by atoms with Gasteiger partial charge in [-0.1, -0.05) is 47.7 Å². The lowest BCUT2D eigenvalue weighted by Crippen LogP contribution is -1.91. The van der Waals surface area contributed by atoms with Crippen molar-refractivity contribution in [1.82, 2.24) is 15.0 Å². The fourth-order valence-electron chi connectivity index (χ4n) is 1.93. The molecule has 1 aromatic heterocycles. The third-order valence-electron chi connectivity index (χ3n) is 2.97. The SMILES string of the molecule is OC(C=C=Cn1nnc2ccccc21)c1ccccc1. The van der Waals surface area contributed by atoms with Gasteiger partial charge in [0.2, 0.25) is 0 Å². The number of aliphatic hydroxyl groups excluding tert-OH is 1. The van der Waals surface area contributed by atoms with Crippen molar-refractivity contribution in [3.63, 3.8) is 0 Å². The Kier molecular flexibility index (Phi) is 3.42. The second-order valence-electron chi connectivity index (χ2n) is 4.34. The molecule has 2 aromatic carbocycles. The largest absolute Gasteiger partial charge is 0.384 e. The molecule has 0 aliphatic carbocycles. The van der Waals surface area contributed by atoms with E-state index < -0.39 is 6.10 Å². The van der Waals surface area contributed by atoms with Gasteiger partial charge in [-0.25, -0.2) is 4.68 Å². The van der Waals surface area contributed by atoms with Crippen molar-refractivity contribution in [2.45, 2.75) is 6.10 Å². The van der Waals surface area contributed by atoms with Crippen LogP contribution in [0.2, 0.25) is 0 Å². The van der Waals surface area contributed by atoms with Gasteiger partial charge in [-0.2, -0.15) is 0 Å². The second kappa shape index (κ2) is 5.53. The van der Waals surface area contributed by atoms with Crippen molar-refractivity contribution in [3.05, 3.63) is 72.0 Å². The number of hydrogen-bond acceptors (Lipinski definition) is 3. The summed E-state index contributed by atoms with van der Waals surface area (Å²) in [5, 5.41) is 18.0. The first-order chi connectivity index (χ1) is 9.84. The van der Waals surface area contributed by atoms with Gasteiger partial charge in [0, 0.05) is 0 Å². The van der Waals surface area contributed by atoms with Crippen molar-refractivity contribution in [2.24, 2.45) is 0 Å². The van der Waals surface area contributed by atoms with Gasteiger partial charge in [0.1, 0.15) is 11.6 Å². The summed E-state index contributed by atoms with van der Waals surface area (Å²) < 4.78 is 1.63. The van der Waals surface area contributed by atoms with Gasteiger partial charge in [0.25, 0.3) is 0 Å². The minimum atomic E-state index is -0.678. The minimum Gasteiger partial charge on any atom is -0.384 e. The van der Waals surface area contributed by atoms with Crippen LogP contribution in [0.1, 0.15) is 11.7 Å². The summed E-state index contributed by atoms with van der Waals surface area (Å²) in [6, 6.07) is 17.1. The summed E-state index contributed by atoms with van der Waals surface area (Å²) in [6.45, 7) is 0. The van der Waals surface area contributed by atoms with E-state index in [9.17, 15) is 5.11 Å². The Hall–Kier alpha value is -2.68. The van der Waals surface area contributed by atoms with Crippen molar-refractivity contribution in [3.8, 4) is 0 Å². The molecule has 4 nitrogen and oxygen atoms in total. The molecule has 1 N–H and O–H groups in total. The molecule has 3 rings (SSSR count). The minimum absolute atomic E-state index is 0.678. The molecule has 0 saturated heterocycles. The predicted molar refractivity (Wildman–Crippen MR) is 77.8 cm³/mol. The maximum atomic E-state index is 9.98. The van der Waals surface area contributed by atoms with Crippen LogP contribution in [0, 0.1) is 0 Å². The highest BCUT2D eigenvalue weighted by Gasteiger charge is 2.01. The molecule has 1 atom stereocenters. The molecule has 0 amide bonds. The molecule has 20 heavy (non-hydrogen) atoms. The van der Waals surface area contributed by atoms with Crippen LogP contribution < -0.4 is 0 Å². The number of fused-ring (bicyclic) bond motifs is 1. The summed E-state index contributed by atoms with van der Waals surface area (Å²) in [5.41, 5.74) is 5.50. The lowest BCUT2D eigenvalue weighted by Gasteiger charge is -2.02. The van der Waals surface area contributed by atoms with E-state index in [0.29, 0.717) is 0 Å². The summed E-state index contributed by atoms with van der Waals surface area (Å²) in [7, 11) is 0. The maximum Gasteiger partial charge on any atom is 0.113 e. The molecule has 4 heteroatoms. The number of para-hydroxylation sites is 1. The number of rotatable bonds is 3. The van der Waals surface area contributed by atoms with E-state index in [-0.39, 0.29) is 0 Å². The highest BCUT2D eigenvalue weighted by Crippen LogP contribution is 2.13. The first kappa shape index (κ1) is 12.4. The topological polar surface area (TPSA) is 50.9 Å². The van der Waals surface area contributed by atoms with E-state index in [1.165, 1.54) is 0 Å². The van der Waals surface area contributed by atoms with Gasteiger partial charge in [0.05, 0.1) is 11.7 Å². The van der Waals surface area contributed by atoms with Crippen LogP contribution in [0.3, 0.4) is 0 Å². The molecule has 0 bridgehead atoms. The second-order valence-corrected chi connectivity index (χ2v) is 4.34. The number of nitrogens with zero attached hydrogens (tertiary/aromatic N) is 3. The highest BCUT2D eigenvalue weighted by atomic mass is 16.3.